The van der Waals surface area contributed by atoms with Gasteiger partial charge in [0.2, 0.25) is 5.76 Å². The second-order valence-corrected chi connectivity index (χ2v) is 4.73. The molecule has 0 aromatic carbocycles. The Hall–Kier alpha value is -1.20. The van der Waals surface area contributed by atoms with E-state index in [1.54, 1.807) is 6.92 Å². The first-order valence-electron chi connectivity index (χ1n) is 7.03. The zero-order valence-corrected chi connectivity index (χ0v) is 11.9. The van der Waals surface area contributed by atoms with Gasteiger partial charge >= 0.3 is 12.1 Å². The van der Waals surface area contributed by atoms with Crippen LogP contribution in [0.1, 0.15) is 46.0 Å². The Bertz CT molecular complexity index is 355. The Labute approximate surface area is 117 Å². The third-order valence-electron chi connectivity index (χ3n) is 3.30. The molecule has 0 N–H and O–H groups in total. The Kier molecular flexibility index (Phi) is 6.36. The lowest BCUT2D eigenvalue weighted by Crippen LogP contribution is -2.27. The molecule has 1 aliphatic carbocycles. The maximum atomic E-state index is 13.1. The van der Waals surface area contributed by atoms with Crippen LogP contribution in [-0.4, -0.2) is 25.4 Å². The molecule has 116 valence electrons. The highest BCUT2D eigenvalue weighted by atomic mass is 19.4. The second-order valence-electron chi connectivity index (χ2n) is 4.73. The number of carbonyl (C=O) groups is 1. The average Bonchev–Trinajstić information content (AvgIpc) is 2.38. The van der Waals surface area contributed by atoms with E-state index in [0.717, 1.165) is 19.3 Å². The van der Waals surface area contributed by atoms with Crippen LogP contribution in [-0.2, 0) is 14.3 Å². The van der Waals surface area contributed by atoms with Gasteiger partial charge in [0, 0.05) is 0 Å². The summed E-state index contributed by atoms with van der Waals surface area (Å²) in [5, 5.41) is 0. The second kappa shape index (κ2) is 7.55. The summed E-state index contributed by atoms with van der Waals surface area (Å²) in [5.74, 6) is -2.50. The minimum atomic E-state index is -4.67. The summed E-state index contributed by atoms with van der Waals surface area (Å²) in [7, 11) is 0. The fourth-order valence-electron chi connectivity index (χ4n) is 2.50. The van der Waals surface area contributed by atoms with Gasteiger partial charge in [-0.3, -0.25) is 0 Å². The van der Waals surface area contributed by atoms with Crippen LogP contribution in [0.5, 0.6) is 0 Å². The number of ether oxygens (including phenoxy) is 2. The van der Waals surface area contributed by atoms with E-state index in [0.29, 0.717) is 12.8 Å². The first-order chi connectivity index (χ1) is 9.41. The van der Waals surface area contributed by atoms with Crippen molar-refractivity contribution in [2.75, 3.05) is 13.2 Å². The van der Waals surface area contributed by atoms with Gasteiger partial charge in [-0.1, -0.05) is 19.3 Å². The van der Waals surface area contributed by atoms with Gasteiger partial charge in [-0.2, -0.15) is 13.2 Å². The van der Waals surface area contributed by atoms with Gasteiger partial charge in [0.05, 0.1) is 18.8 Å². The van der Waals surface area contributed by atoms with Crippen LogP contribution in [0.25, 0.3) is 0 Å². The predicted molar refractivity (Wildman–Crippen MR) is 67.9 cm³/mol. The molecule has 1 saturated carbocycles. The van der Waals surface area contributed by atoms with Crippen LogP contribution in [0, 0.1) is 5.92 Å². The standard InChI is InChI=1S/C14H21F3O3/c1-3-19-12(14(15,16)17)11(13(18)20-4-2)10-8-6-5-7-9-10/h10H,3-9H2,1-2H3/b12-11+. The minimum Gasteiger partial charge on any atom is -0.489 e. The quantitative estimate of drug-likeness (QED) is 0.437. The van der Waals surface area contributed by atoms with Crippen molar-refractivity contribution in [1.29, 1.82) is 0 Å². The number of rotatable bonds is 5. The van der Waals surface area contributed by atoms with Gasteiger partial charge in [0.25, 0.3) is 0 Å². The number of halogens is 3. The first-order valence-corrected chi connectivity index (χ1v) is 7.03. The summed E-state index contributed by atoms with van der Waals surface area (Å²) >= 11 is 0. The summed E-state index contributed by atoms with van der Waals surface area (Å²) in [6.45, 7) is 2.95. The van der Waals surface area contributed by atoms with Gasteiger partial charge in [-0.15, -0.1) is 0 Å². The molecule has 0 spiro atoms. The molecule has 0 amide bonds. The summed E-state index contributed by atoms with van der Waals surface area (Å²) in [5.41, 5.74) is -0.332. The Morgan fingerprint density at radius 1 is 1.05 bits per heavy atom. The minimum absolute atomic E-state index is 0.0479. The molecule has 20 heavy (non-hydrogen) atoms. The highest BCUT2D eigenvalue weighted by Gasteiger charge is 2.43. The molecular formula is C14H21F3O3. The zero-order chi connectivity index (χ0) is 15.2. The summed E-state index contributed by atoms with van der Waals surface area (Å²) in [4.78, 5) is 11.9. The summed E-state index contributed by atoms with van der Waals surface area (Å²) in [6.07, 6.45) is -0.893. The number of hydrogen-bond donors (Lipinski definition) is 0. The van der Waals surface area contributed by atoms with E-state index >= 15 is 0 Å². The lowest BCUT2D eigenvalue weighted by atomic mass is 9.83. The van der Waals surface area contributed by atoms with Gasteiger partial charge in [0.15, 0.2) is 0 Å². The van der Waals surface area contributed by atoms with Crippen molar-refractivity contribution in [3.8, 4) is 0 Å². The number of esters is 1. The van der Waals surface area contributed by atoms with E-state index < -0.39 is 23.8 Å². The van der Waals surface area contributed by atoms with Crippen LogP contribution < -0.4 is 0 Å². The maximum Gasteiger partial charge on any atom is 0.449 e. The van der Waals surface area contributed by atoms with Crippen LogP contribution in [0.2, 0.25) is 0 Å². The smallest absolute Gasteiger partial charge is 0.449 e. The number of alkyl halides is 3. The molecule has 1 aliphatic rings. The van der Waals surface area contributed by atoms with Crippen molar-refractivity contribution in [1.82, 2.24) is 0 Å². The Morgan fingerprint density at radius 2 is 1.60 bits per heavy atom. The van der Waals surface area contributed by atoms with Crippen molar-refractivity contribution < 1.29 is 27.4 Å². The van der Waals surface area contributed by atoms with E-state index in [4.69, 9.17) is 9.47 Å². The lowest BCUT2D eigenvalue weighted by Gasteiger charge is -2.26. The van der Waals surface area contributed by atoms with Crippen molar-refractivity contribution in [2.24, 2.45) is 5.92 Å². The monoisotopic (exact) mass is 294 g/mol. The Morgan fingerprint density at radius 3 is 2.05 bits per heavy atom. The molecule has 3 nitrogen and oxygen atoms in total. The molecule has 0 bridgehead atoms. The van der Waals surface area contributed by atoms with Crippen LogP contribution in [0.4, 0.5) is 13.2 Å². The Balaban J connectivity index is 3.19. The number of carbonyl (C=O) groups excluding carboxylic acids is 1. The van der Waals surface area contributed by atoms with Crippen molar-refractivity contribution in [3.63, 3.8) is 0 Å². The summed E-state index contributed by atoms with van der Waals surface area (Å²) in [6, 6.07) is 0. The fraction of sp³-hybridized carbons (Fsp3) is 0.786. The highest BCUT2D eigenvalue weighted by molar-refractivity contribution is 5.89. The fourth-order valence-corrected chi connectivity index (χ4v) is 2.50. The van der Waals surface area contributed by atoms with Crippen LogP contribution in [0.15, 0.2) is 11.3 Å². The molecule has 1 fully saturated rings. The third kappa shape index (κ3) is 4.42. The number of allylic oxidation sites excluding steroid dienone is 1. The van der Waals surface area contributed by atoms with E-state index in [1.165, 1.54) is 6.92 Å². The average molecular weight is 294 g/mol. The zero-order valence-electron chi connectivity index (χ0n) is 11.9. The third-order valence-corrected chi connectivity index (χ3v) is 3.30. The van der Waals surface area contributed by atoms with E-state index in [9.17, 15) is 18.0 Å². The van der Waals surface area contributed by atoms with Gasteiger partial charge in [-0.05, 0) is 32.6 Å². The van der Waals surface area contributed by atoms with Gasteiger partial charge < -0.3 is 9.47 Å². The summed E-state index contributed by atoms with van der Waals surface area (Å²) < 4.78 is 48.9. The molecule has 0 radical (unpaired) electrons. The molecule has 0 aromatic rings. The first kappa shape index (κ1) is 16.9. The van der Waals surface area contributed by atoms with Gasteiger partial charge in [0.1, 0.15) is 0 Å². The normalized spacial score (nSPS) is 18.4. The molecule has 0 atom stereocenters. The molecule has 6 heteroatoms. The van der Waals surface area contributed by atoms with Crippen molar-refractivity contribution in [3.05, 3.63) is 11.3 Å². The highest BCUT2D eigenvalue weighted by Crippen LogP contribution is 2.38. The van der Waals surface area contributed by atoms with Crippen molar-refractivity contribution >= 4 is 5.97 Å². The van der Waals surface area contributed by atoms with E-state index in [1.807, 2.05) is 0 Å². The molecule has 1 rings (SSSR count). The topological polar surface area (TPSA) is 35.5 Å². The maximum absolute atomic E-state index is 13.1. The molecule has 0 aromatic heterocycles. The molecule has 0 saturated heterocycles. The SMILES string of the molecule is CCOC(=O)/C(=C(/OCC)C(F)(F)F)C1CCCCC1. The molecule has 0 unspecified atom stereocenters. The molecule has 0 heterocycles. The molecule has 0 aliphatic heterocycles. The predicted octanol–water partition coefficient (Wildman–Crippen LogP) is 3.98. The molecular weight excluding hydrogens is 273 g/mol. The van der Waals surface area contributed by atoms with Gasteiger partial charge in [-0.25, -0.2) is 4.79 Å². The number of hydrogen-bond acceptors (Lipinski definition) is 3. The van der Waals surface area contributed by atoms with E-state index in [-0.39, 0.29) is 18.8 Å². The van der Waals surface area contributed by atoms with Crippen LogP contribution in [0.3, 0.4) is 0 Å². The van der Waals surface area contributed by atoms with E-state index in [2.05, 4.69) is 0 Å². The van der Waals surface area contributed by atoms with Crippen molar-refractivity contribution in [2.45, 2.75) is 52.1 Å². The lowest BCUT2D eigenvalue weighted by molar-refractivity contribution is -0.147. The van der Waals surface area contributed by atoms with Crippen LogP contribution >= 0.6 is 0 Å². The largest absolute Gasteiger partial charge is 0.489 e.